The fraction of sp³-hybridized carbons (Fsp3) is 0.625. The Balaban J connectivity index is 2.34. The van der Waals surface area contributed by atoms with Crippen molar-refractivity contribution in [2.24, 2.45) is 5.73 Å². The maximum absolute atomic E-state index is 6.21. The minimum atomic E-state index is 0.147. The normalized spacial score (nSPS) is 24.8. The number of hydrogen-bond donors (Lipinski definition) is 1. The molecule has 0 aromatic heterocycles. The second-order valence-electron chi connectivity index (χ2n) is 5.81. The summed E-state index contributed by atoms with van der Waals surface area (Å²) in [5.74, 6) is 0. The SMILES string of the molecule is CCC1COC(C)CN1c1cc(Cl)ccc1CC(C)N. The van der Waals surface area contributed by atoms with Gasteiger partial charge in [0.2, 0.25) is 0 Å². The number of nitrogens with two attached hydrogens (primary N) is 1. The average Bonchev–Trinajstić information content (AvgIpc) is 2.40. The molecule has 1 aliphatic heterocycles. The van der Waals surface area contributed by atoms with E-state index in [4.69, 9.17) is 22.1 Å². The van der Waals surface area contributed by atoms with Crippen LogP contribution in [-0.2, 0) is 11.2 Å². The van der Waals surface area contributed by atoms with Gasteiger partial charge in [-0.2, -0.15) is 0 Å². The summed E-state index contributed by atoms with van der Waals surface area (Å²) in [4.78, 5) is 2.44. The highest BCUT2D eigenvalue weighted by atomic mass is 35.5. The van der Waals surface area contributed by atoms with Crippen LogP contribution in [0.25, 0.3) is 0 Å². The third-order valence-corrected chi connectivity index (χ3v) is 4.07. The molecule has 1 saturated heterocycles. The van der Waals surface area contributed by atoms with E-state index >= 15 is 0 Å². The monoisotopic (exact) mass is 296 g/mol. The van der Waals surface area contributed by atoms with Gasteiger partial charge in [-0.15, -0.1) is 0 Å². The molecule has 1 fully saturated rings. The Labute approximate surface area is 127 Å². The lowest BCUT2D eigenvalue weighted by Crippen LogP contribution is -2.49. The lowest BCUT2D eigenvalue weighted by Gasteiger charge is -2.41. The van der Waals surface area contributed by atoms with Crippen LogP contribution in [0.15, 0.2) is 18.2 Å². The molecule has 0 bridgehead atoms. The molecule has 0 saturated carbocycles. The summed E-state index contributed by atoms with van der Waals surface area (Å²) in [7, 11) is 0. The third kappa shape index (κ3) is 3.66. The van der Waals surface area contributed by atoms with Crippen LogP contribution in [0, 0.1) is 0 Å². The lowest BCUT2D eigenvalue weighted by molar-refractivity contribution is 0.0299. The smallest absolute Gasteiger partial charge is 0.0723 e. The van der Waals surface area contributed by atoms with E-state index in [0.29, 0.717) is 6.04 Å². The van der Waals surface area contributed by atoms with Crippen LogP contribution in [0.1, 0.15) is 32.8 Å². The second kappa shape index (κ2) is 6.79. The Morgan fingerprint density at radius 1 is 1.50 bits per heavy atom. The molecule has 2 N–H and O–H groups in total. The van der Waals surface area contributed by atoms with Gasteiger partial charge in [0.05, 0.1) is 18.8 Å². The van der Waals surface area contributed by atoms with Crippen LogP contribution in [0.2, 0.25) is 5.02 Å². The molecular formula is C16H25ClN2O. The van der Waals surface area contributed by atoms with E-state index in [1.807, 2.05) is 13.0 Å². The van der Waals surface area contributed by atoms with Crippen molar-refractivity contribution in [3.8, 4) is 0 Å². The first kappa shape index (κ1) is 15.6. The van der Waals surface area contributed by atoms with Crippen molar-refractivity contribution in [2.75, 3.05) is 18.1 Å². The first-order valence-corrected chi connectivity index (χ1v) is 7.81. The zero-order valence-corrected chi connectivity index (χ0v) is 13.4. The molecule has 4 heteroatoms. The zero-order chi connectivity index (χ0) is 14.7. The Kier molecular flexibility index (Phi) is 5.30. The second-order valence-corrected chi connectivity index (χ2v) is 6.25. The summed E-state index contributed by atoms with van der Waals surface area (Å²) in [6.45, 7) is 8.05. The van der Waals surface area contributed by atoms with Gasteiger partial charge in [0.15, 0.2) is 0 Å². The van der Waals surface area contributed by atoms with Crippen LogP contribution in [0.4, 0.5) is 5.69 Å². The molecule has 3 nitrogen and oxygen atoms in total. The Bertz CT molecular complexity index is 450. The van der Waals surface area contributed by atoms with Crippen LogP contribution in [0.5, 0.6) is 0 Å². The van der Waals surface area contributed by atoms with Crippen molar-refractivity contribution in [1.82, 2.24) is 0 Å². The maximum atomic E-state index is 6.21. The molecule has 1 aromatic rings. The zero-order valence-electron chi connectivity index (χ0n) is 12.6. The van der Waals surface area contributed by atoms with Crippen molar-refractivity contribution in [3.63, 3.8) is 0 Å². The Morgan fingerprint density at radius 3 is 2.90 bits per heavy atom. The van der Waals surface area contributed by atoms with E-state index in [1.165, 1.54) is 11.3 Å². The molecule has 2 rings (SSSR count). The topological polar surface area (TPSA) is 38.5 Å². The molecule has 0 amide bonds. The molecule has 1 aliphatic rings. The molecule has 3 unspecified atom stereocenters. The van der Waals surface area contributed by atoms with Crippen molar-refractivity contribution >= 4 is 17.3 Å². The molecule has 3 atom stereocenters. The maximum Gasteiger partial charge on any atom is 0.0723 e. The van der Waals surface area contributed by atoms with Gasteiger partial charge in [-0.1, -0.05) is 24.6 Å². The van der Waals surface area contributed by atoms with Crippen LogP contribution in [0.3, 0.4) is 0 Å². The van der Waals surface area contributed by atoms with E-state index < -0.39 is 0 Å². The van der Waals surface area contributed by atoms with Crippen molar-refractivity contribution < 1.29 is 4.74 Å². The predicted octanol–water partition coefficient (Wildman–Crippen LogP) is 3.23. The summed E-state index contributed by atoms with van der Waals surface area (Å²) in [5, 5.41) is 0.780. The minimum Gasteiger partial charge on any atom is -0.375 e. The van der Waals surface area contributed by atoms with E-state index in [1.54, 1.807) is 0 Å². The van der Waals surface area contributed by atoms with Gasteiger partial charge in [-0.25, -0.2) is 0 Å². The van der Waals surface area contributed by atoms with Gasteiger partial charge in [-0.3, -0.25) is 0 Å². The standard InChI is InChI=1S/C16H25ClN2O/c1-4-15-10-20-12(3)9-19(15)16-8-14(17)6-5-13(16)7-11(2)18/h5-6,8,11-12,15H,4,7,9-10,18H2,1-3H3. The van der Waals surface area contributed by atoms with Gasteiger partial charge >= 0.3 is 0 Å². The van der Waals surface area contributed by atoms with Crippen molar-refractivity contribution in [1.29, 1.82) is 0 Å². The highest BCUT2D eigenvalue weighted by molar-refractivity contribution is 6.30. The van der Waals surface area contributed by atoms with Crippen LogP contribution in [-0.4, -0.2) is 31.3 Å². The van der Waals surface area contributed by atoms with Crippen LogP contribution < -0.4 is 10.6 Å². The quantitative estimate of drug-likeness (QED) is 0.927. The number of ether oxygens (including phenoxy) is 1. The minimum absolute atomic E-state index is 0.147. The number of halogens is 1. The summed E-state index contributed by atoms with van der Waals surface area (Å²) in [6, 6.07) is 6.69. The van der Waals surface area contributed by atoms with Crippen LogP contribution >= 0.6 is 11.6 Å². The number of rotatable bonds is 4. The number of nitrogens with zero attached hydrogens (tertiary/aromatic N) is 1. The summed E-state index contributed by atoms with van der Waals surface area (Å²) >= 11 is 6.21. The number of anilines is 1. The first-order chi connectivity index (χ1) is 9.51. The number of hydrogen-bond acceptors (Lipinski definition) is 3. The van der Waals surface area contributed by atoms with E-state index in [9.17, 15) is 0 Å². The van der Waals surface area contributed by atoms with E-state index in [0.717, 1.165) is 31.0 Å². The highest BCUT2D eigenvalue weighted by Gasteiger charge is 2.27. The van der Waals surface area contributed by atoms with Gasteiger partial charge in [0.25, 0.3) is 0 Å². The molecular weight excluding hydrogens is 272 g/mol. The molecule has 0 aliphatic carbocycles. The van der Waals surface area contributed by atoms with E-state index in [-0.39, 0.29) is 12.1 Å². The predicted molar refractivity (Wildman–Crippen MR) is 85.6 cm³/mol. The molecule has 112 valence electrons. The first-order valence-electron chi connectivity index (χ1n) is 7.43. The van der Waals surface area contributed by atoms with Gasteiger partial charge in [0.1, 0.15) is 0 Å². The lowest BCUT2D eigenvalue weighted by atomic mass is 10.0. The largest absolute Gasteiger partial charge is 0.375 e. The fourth-order valence-electron chi connectivity index (χ4n) is 2.80. The van der Waals surface area contributed by atoms with Crippen molar-refractivity contribution in [2.45, 2.75) is 51.8 Å². The molecule has 20 heavy (non-hydrogen) atoms. The molecule has 0 spiro atoms. The van der Waals surface area contributed by atoms with Gasteiger partial charge in [0, 0.05) is 23.3 Å². The number of benzene rings is 1. The summed E-state index contributed by atoms with van der Waals surface area (Å²) in [5.41, 5.74) is 8.47. The Morgan fingerprint density at radius 2 is 2.25 bits per heavy atom. The molecule has 1 heterocycles. The molecule has 1 aromatic carbocycles. The average molecular weight is 297 g/mol. The number of morpholine rings is 1. The van der Waals surface area contributed by atoms with Crippen molar-refractivity contribution in [3.05, 3.63) is 28.8 Å². The Hall–Kier alpha value is -0.770. The van der Waals surface area contributed by atoms with Gasteiger partial charge in [-0.05, 0) is 44.4 Å². The van der Waals surface area contributed by atoms with Gasteiger partial charge < -0.3 is 15.4 Å². The fourth-order valence-corrected chi connectivity index (χ4v) is 2.97. The highest BCUT2D eigenvalue weighted by Crippen LogP contribution is 2.30. The third-order valence-electron chi connectivity index (χ3n) is 3.84. The summed E-state index contributed by atoms with van der Waals surface area (Å²) in [6.07, 6.45) is 2.19. The molecule has 0 radical (unpaired) electrons. The summed E-state index contributed by atoms with van der Waals surface area (Å²) < 4.78 is 5.78. The van der Waals surface area contributed by atoms with E-state index in [2.05, 4.69) is 30.9 Å².